The maximum absolute atomic E-state index is 12.3. The molecule has 1 amide bonds. The van der Waals surface area contributed by atoms with E-state index >= 15 is 0 Å². The van der Waals surface area contributed by atoms with Gasteiger partial charge in [0.1, 0.15) is 17.8 Å². The van der Waals surface area contributed by atoms with E-state index < -0.39 is 5.60 Å². The third-order valence-electron chi connectivity index (χ3n) is 3.57. The number of ether oxygens (including phenoxy) is 1. The minimum atomic E-state index is -0.497. The third-order valence-corrected chi connectivity index (χ3v) is 3.57. The van der Waals surface area contributed by atoms with Crippen LogP contribution in [0.5, 0.6) is 0 Å². The Morgan fingerprint density at radius 2 is 2.08 bits per heavy atom. The predicted octanol–water partition coefficient (Wildman–Crippen LogP) is 1.47. The van der Waals surface area contributed by atoms with Gasteiger partial charge in [-0.3, -0.25) is 9.67 Å². The molecule has 0 aromatic carbocycles. The van der Waals surface area contributed by atoms with Crippen LogP contribution in [0.2, 0.25) is 0 Å². The van der Waals surface area contributed by atoms with E-state index in [0.29, 0.717) is 26.2 Å². The fourth-order valence-corrected chi connectivity index (χ4v) is 2.33. The van der Waals surface area contributed by atoms with Crippen LogP contribution in [0.1, 0.15) is 39.9 Å². The number of amides is 1. The van der Waals surface area contributed by atoms with Crippen LogP contribution in [0.15, 0.2) is 11.3 Å². The molecule has 26 heavy (non-hydrogen) atoms. The van der Waals surface area contributed by atoms with E-state index in [0.717, 1.165) is 18.2 Å². The van der Waals surface area contributed by atoms with E-state index in [1.165, 1.54) is 6.33 Å². The van der Waals surface area contributed by atoms with Crippen molar-refractivity contribution in [3.05, 3.63) is 12.2 Å². The Labute approximate surface area is 156 Å². The molecule has 0 radical (unpaired) electrons. The molecule has 0 bridgehead atoms. The second kappa shape index (κ2) is 9.98. The van der Waals surface area contributed by atoms with Crippen molar-refractivity contribution in [2.24, 2.45) is 12.0 Å². The fraction of sp³-hybridized carbons (Fsp3) is 0.765. The summed E-state index contributed by atoms with van der Waals surface area (Å²) < 4.78 is 7.20. The van der Waals surface area contributed by atoms with Crippen molar-refractivity contribution in [2.45, 2.75) is 46.3 Å². The van der Waals surface area contributed by atoms with Crippen molar-refractivity contribution < 1.29 is 9.53 Å². The minimum absolute atomic E-state index is 0.288. The van der Waals surface area contributed by atoms with E-state index in [9.17, 15) is 4.79 Å². The third kappa shape index (κ3) is 7.28. The standard InChI is InChI=1S/C17H33N7O2/c1-8-10-24(16(25)26-17(2,3)4)11-9-19-15(18-5)22(6)12-14-20-13-21-23(14)7/h13H,8-12H2,1-7H3,(H,18,19). The highest BCUT2D eigenvalue weighted by molar-refractivity contribution is 5.79. The SMILES string of the molecule is CCCN(CCNC(=NC)N(C)Cc1ncnn1C)C(=O)OC(C)(C)C. The topological polar surface area (TPSA) is 87.9 Å². The van der Waals surface area contributed by atoms with Gasteiger partial charge in [-0.2, -0.15) is 5.10 Å². The highest BCUT2D eigenvalue weighted by Gasteiger charge is 2.21. The van der Waals surface area contributed by atoms with Crippen molar-refractivity contribution in [3.63, 3.8) is 0 Å². The van der Waals surface area contributed by atoms with Crippen LogP contribution in [0, 0.1) is 0 Å². The smallest absolute Gasteiger partial charge is 0.410 e. The second-order valence-corrected chi connectivity index (χ2v) is 7.10. The zero-order chi connectivity index (χ0) is 19.7. The first-order valence-electron chi connectivity index (χ1n) is 8.90. The van der Waals surface area contributed by atoms with Gasteiger partial charge in [-0.05, 0) is 27.2 Å². The summed E-state index contributed by atoms with van der Waals surface area (Å²) in [5.41, 5.74) is -0.497. The highest BCUT2D eigenvalue weighted by atomic mass is 16.6. The van der Waals surface area contributed by atoms with Crippen LogP contribution in [-0.2, 0) is 18.3 Å². The lowest BCUT2D eigenvalue weighted by Crippen LogP contribution is -2.45. The fourth-order valence-electron chi connectivity index (χ4n) is 2.33. The van der Waals surface area contributed by atoms with Gasteiger partial charge in [0.2, 0.25) is 0 Å². The molecule has 1 N–H and O–H groups in total. The first-order valence-corrected chi connectivity index (χ1v) is 8.90. The van der Waals surface area contributed by atoms with Crippen LogP contribution in [0.4, 0.5) is 4.79 Å². The lowest BCUT2D eigenvalue weighted by molar-refractivity contribution is 0.0253. The summed E-state index contributed by atoms with van der Waals surface area (Å²) in [6.45, 7) is 10.0. The first kappa shape index (κ1) is 21.7. The van der Waals surface area contributed by atoms with Crippen molar-refractivity contribution in [3.8, 4) is 0 Å². The number of nitrogens with zero attached hydrogens (tertiary/aromatic N) is 6. The Bertz CT molecular complexity index is 592. The number of rotatable bonds is 7. The zero-order valence-corrected chi connectivity index (χ0v) is 17.1. The van der Waals surface area contributed by atoms with Gasteiger partial charge in [0.05, 0.1) is 6.54 Å². The highest BCUT2D eigenvalue weighted by Crippen LogP contribution is 2.10. The van der Waals surface area contributed by atoms with E-state index in [4.69, 9.17) is 4.74 Å². The van der Waals surface area contributed by atoms with Crippen molar-refractivity contribution >= 4 is 12.1 Å². The molecule has 148 valence electrons. The van der Waals surface area contributed by atoms with Gasteiger partial charge in [0.25, 0.3) is 0 Å². The Kier molecular flexibility index (Phi) is 8.34. The summed E-state index contributed by atoms with van der Waals surface area (Å²) in [5.74, 6) is 1.57. The summed E-state index contributed by atoms with van der Waals surface area (Å²) in [4.78, 5) is 24.5. The van der Waals surface area contributed by atoms with Crippen molar-refractivity contribution in [2.75, 3.05) is 33.7 Å². The molecule has 9 nitrogen and oxygen atoms in total. The van der Waals surface area contributed by atoms with Crippen LogP contribution >= 0.6 is 0 Å². The minimum Gasteiger partial charge on any atom is -0.444 e. The maximum atomic E-state index is 12.3. The molecule has 1 aromatic heterocycles. The zero-order valence-electron chi connectivity index (χ0n) is 17.1. The summed E-state index contributed by atoms with van der Waals surface area (Å²) in [7, 11) is 5.52. The molecule has 0 aliphatic carbocycles. The van der Waals surface area contributed by atoms with E-state index in [1.54, 1.807) is 16.6 Å². The average molecular weight is 367 g/mol. The maximum Gasteiger partial charge on any atom is 0.410 e. The van der Waals surface area contributed by atoms with Gasteiger partial charge < -0.3 is 19.9 Å². The number of hydrogen-bond acceptors (Lipinski definition) is 5. The van der Waals surface area contributed by atoms with Gasteiger partial charge in [0.15, 0.2) is 5.96 Å². The van der Waals surface area contributed by atoms with Crippen LogP contribution < -0.4 is 5.32 Å². The Morgan fingerprint density at radius 1 is 1.38 bits per heavy atom. The Morgan fingerprint density at radius 3 is 2.58 bits per heavy atom. The molecule has 0 fully saturated rings. The summed E-state index contributed by atoms with van der Waals surface area (Å²) in [5, 5.41) is 7.35. The molecule has 1 heterocycles. The van der Waals surface area contributed by atoms with Crippen molar-refractivity contribution in [1.29, 1.82) is 0 Å². The van der Waals surface area contributed by atoms with Gasteiger partial charge in [-0.1, -0.05) is 6.92 Å². The van der Waals surface area contributed by atoms with E-state index in [1.807, 2.05) is 46.7 Å². The molecular formula is C17H33N7O2. The number of guanidine groups is 1. The quantitative estimate of drug-likeness (QED) is 0.580. The number of hydrogen-bond donors (Lipinski definition) is 1. The van der Waals surface area contributed by atoms with Gasteiger partial charge in [-0.15, -0.1) is 0 Å². The average Bonchev–Trinajstić information content (AvgIpc) is 2.93. The van der Waals surface area contributed by atoms with Crippen LogP contribution in [-0.4, -0.2) is 75.9 Å². The molecule has 0 saturated carbocycles. The van der Waals surface area contributed by atoms with E-state index in [2.05, 4.69) is 20.4 Å². The number of aryl methyl sites for hydroxylation is 1. The molecule has 1 rings (SSSR count). The molecular weight excluding hydrogens is 334 g/mol. The molecule has 1 aromatic rings. The van der Waals surface area contributed by atoms with Gasteiger partial charge >= 0.3 is 6.09 Å². The van der Waals surface area contributed by atoms with E-state index in [-0.39, 0.29) is 6.09 Å². The molecule has 0 aliphatic heterocycles. The normalized spacial score (nSPS) is 12.0. The monoisotopic (exact) mass is 367 g/mol. The molecule has 0 spiro atoms. The van der Waals surface area contributed by atoms with Crippen LogP contribution in [0.3, 0.4) is 0 Å². The van der Waals surface area contributed by atoms with Crippen LogP contribution in [0.25, 0.3) is 0 Å². The number of nitrogens with one attached hydrogen (secondary N) is 1. The number of aromatic nitrogens is 3. The Balaban J connectivity index is 2.55. The molecule has 0 aliphatic rings. The second-order valence-electron chi connectivity index (χ2n) is 7.10. The van der Waals surface area contributed by atoms with Crippen molar-refractivity contribution in [1.82, 2.24) is 29.9 Å². The van der Waals surface area contributed by atoms with Gasteiger partial charge in [-0.25, -0.2) is 9.78 Å². The van der Waals surface area contributed by atoms with Gasteiger partial charge in [0, 0.05) is 40.8 Å². The summed E-state index contributed by atoms with van der Waals surface area (Å²) in [6, 6.07) is 0. The first-order chi connectivity index (χ1) is 12.2. The largest absolute Gasteiger partial charge is 0.444 e. The predicted molar refractivity (Wildman–Crippen MR) is 102 cm³/mol. The molecule has 0 atom stereocenters. The summed E-state index contributed by atoms with van der Waals surface area (Å²) >= 11 is 0. The Hall–Kier alpha value is -2.32. The number of aliphatic imine (C=N–C) groups is 1. The number of carbonyl (C=O) groups excluding carboxylic acids is 1. The molecule has 9 heteroatoms. The lowest BCUT2D eigenvalue weighted by atomic mass is 10.2. The molecule has 0 unspecified atom stereocenters. The lowest BCUT2D eigenvalue weighted by Gasteiger charge is -2.28. The number of carbonyl (C=O) groups is 1. The molecule has 0 saturated heterocycles. The summed E-state index contributed by atoms with van der Waals surface area (Å²) in [6.07, 6.45) is 2.12.